The van der Waals surface area contributed by atoms with Crippen LogP contribution in [-0.4, -0.2) is 5.78 Å². The van der Waals surface area contributed by atoms with Crippen molar-refractivity contribution in [2.45, 2.75) is 18.6 Å². The van der Waals surface area contributed by atoms with Gasteiger partial charge in [0.1, 0.15) is 5.76 Å². The van der Waals surface area contributed by atoms with Gasteiger partial charge in [-0.15, -0.1) is 11.8 Å². The van der Waals surface area contributed by atoms with Gasteiger partial charge in [0, 0.05) is 6.42 Å². The van der Waals surface area contributed by atoms with Crippen molar-refractivity contribution in [3.05, 3.63) is 34.1 Å². The van der Waals surface area contributed by atoms with Gasteiger partial charge in [-0.3, -0.25) is 4.79 Å². The molecule has 0 N–H and O–H groups in total. The average molecular weight is 229 g/mol. The van der Waals surface area contributed by atoms with E-state index in [4.69, 9.17) is 16.0 Å². The maximum atomic E-state index is 10.9. The van der Waals surface area contributed by atoms with E-state index < -0.39 is 0 Å². The number of carbonyl (C=O) groups is 1. The summed E-state index contributed by atoms with van der Waals surface area (Å²) in [6.45, 7) is 0. The Morgan fingerprint density at radius 2 is 2.29 bits per heavy atom. The van der Waals surface area contributed by atoms with E-state index in [-0.39, 0.29) is 5.78 Å². The first-order valence-electron chi connectivity index (χ1n) is 4.34. The maximum Gasteiger partial charge on any atom is 0.193 e. The minimum Gasteiger partial charge on any atom is -0.449 e. The van der Waals surface area contributed by atoms with Gasteiger partial charge < -0.3 is 4.42 Å². The predicted octanol–water partition coefficient (Wildman–Crippen LogP) is 3.41. The zero-order valence-electron chi connectivity index (χ0n) is 7.46. The van der Waals surface area contributed by atoms with Crippen LogP contribution >= 0.6 is 23.4 Å². The third-order valence-electron chi connectivity index (χ3n) is 1.97. The average Bonchev–Trinajstić information content (AvgIpc) is 2.72. The minimum absolute atomic E-state index is 0.227. The molecule has 0 radical (unpaired) electrons. The molecule has 0 amide bonds. The highest BCUT2D eigenvalue weighted by molar-refractivity contribution is 8.02. The summed E-state index contributed by atoms with van der Waals surface area (Å²) in [5.74, 6) is 1.82. The summed E-state index contributed by atoms with van der Waals surface area (Å²) in [7, 11) is 0. The quantitative estimate of drug-likeness (QED) is 0.794. The summed E-state index contributed by atoms with van der Waals surface area (Å²) >= 11 is 7.28. The third kappa shape index (κ3) is 2.42. The summed E-state index contributed by atoms with van der Waals surface area (Å²) in [5.41, 5.74) is 0. The normalized spacial score (nSPS) is 16.1. The number of halogens is 1. The lowest BCUT2D eigenvalue weighted by atomic mass is 10.3. The van der Waals surface area contributed by atoms with Crippen LogP contribution in [0.1, 0.15) is 18.6 Å². The Morgan fingerprint density at radius 1 is 1.43 bits per heavy atom. The fourth-order valence-corrected chi connectivity index (χ4v) is 2.38. The minimum atomic E-state index is 0.227. The van der Waals surface area contributed by atoms with Crippen molar-refractivity contribution < 1.29 is 9.21 Å². The molecule has 1 aliphatic rings. The van der Waals surface area contributed by atoms with Crippen LogP contribution in [0.5, 0.6) is 0 Å². The van der Waals surface area contributed by atoms with E-state index in [1.807, 2.05) is 6.07 Å². The van der Waals surface area contributed by atoms with Crippen LogP contribution in [0.4, 0.5) is 0 Å². The van der Waals surface area contributed by atoms with Crippen molar-refractivity contribution in [2.24, 2.45) is 0 Å². The molecule has 1 aliphatic carbocycles. The zero-order chi connectivity index (χ0) is 9.97. The second-order valence-electron chi connectivity index (χ2n) is 3.07. The second kappa shape index (κ2) is 4.24. The van der Waals surface area contributed by atoms with E-state index >= 15 is 0 Å². The van der Waals surface area contributed by atoms with Crippen molar-refractivity contribution in [1.82, 2.24) is 0 Å². The Labute approximate surface area is 91.3 Å². The molecule has 14 heavy (non-hydrogen) atoms. The number of ketones is 1. The largest absolute Gasteiger partial charge is 0.449 e. The SMILES string of the molecule is O=C1C=C(SCc2ccc(Cl)o2)CC1. The molecule has 74 valence electrons. The molecule has 2 nitrogen and oxygen atoms in total. The molecule has 1 aromatic rings. The van der Waals surface area contributed by atoms with Crippen LogP contribution in [0, 0.1) is 0 Å². The van der Waals surface area contributed by atoms with Gasteiger partial charge in [0.2, 0.25) is 0 Å². The lowest BCUT2D eigenvalue weighted by Crippen LogP contribution is -1.80. The van der Waals surface area contributed by atoms with Gasteiger partial charge in [0.15, 0.2) is 11.0 Å². The van der Waals surface area contributed by atoms with Crippen molar-refractivity contribution in [3.63, 3.8) is 0 Å². The van der Waals surface area contributed by atoms with Crippen LogP contribution < -0.4 is 0 Å². The summed E-state index contributed by atoms with van der Waals surface area (Å²) in [4.78, 5) is 12.1. The Hall–Kier alpha value is -0.670. The predicted molar refractivity (Wildman–Crippen MR) is 57.3 cm³/mol. The Kier molecular flexibility index (Phi) is 2.99. The Morgan fingerprint density at radius 3 is 2.86 bits per heavy atom. The number of thioether (sulfide) groups is 1. The standard InChI is InChI=1S/C10H9ClO2S/c11-10-4-2-8(13-10)6-14-9-3-1-7(12)5-9/h2,4-5H,1,3,6H2. The molecule has 0 aromatic carbocycles. The van der Waals surface area contributed by atoms with E-state index in [0.717, 1.165) is 22.8 Å². The fourth-order valence-electron chi connectivity index (χ4n) is 1.28. The highest BCUT2D eigenvalue weighted by Gasteiger charge is 2.12. The molecule has 0 bridgehead atoms. The smallest absolute Gasteiger partial charge is 0.193 e. The highest BCUT2D eigenvalue weighted by Crippen LogP contribution is 2.30. The summed E-state index contributed by atoms with van der Waals surface area (Å²) in [5, 5.41) is 0.414. The topological polar surface area (TPSA) is 30.2 Å². The van der Waals surface area contributed by atoms with E-state index in [1.165, 1.54) is 0 Å². The van der Waals surface area contributed by atoms with E-state index in [1.54, 1.807) is 23.9 Å². The first kappa shape index (κ1) is 9.87. The molecule has 0 saturated carbocycles. The number of rotatable bonds is 3. The third-order valence-corrected chi connectivity index (χ3v) is 3.29. The van der Waals surface area contributed by atoms with Gasteiger partial charge in [-0.25, -0.2) is 0 Å². The van der Waals surface area contributed by atoms with E-state index in [0.29, 0.717) is 11.6 Å². The van der Waals surface area contributed by atoms with Gasteiger partial charge in [-0.05, 0) is 41.1 Å². The zero-order valence-corrected chi connectivity index (χ0v) is 9.03. The second-order valence-corrected chi connectivity index (χ2v) is 4.55. The first-order valence-corrected chi connectivity index (χ1v) is 5.71. The number of hydrogen-bond donors (Lipinski definition) is 0. The van der Waals surface area contributed by atoms with E-state index in [2.05, 4.69) is 0 Å². The maximum absolute atomic E-state index is 10.9. The van der Waals surface area contributed by atoms with Crippen molar-refractivity contribution >= 4 is 29.1 Å². The molecule has 0 fully saturated rings. The Bertz CT molecular complexity index is 381. The molecule has 1 aromatic heterocycles. The number of hydrogen-bond acceptors (Lipinski definition) is 3. The van der Waals surface area contributed by atoms with Crippen molar-refractivity contribution in [2.75, 3.05) is 0 Å². The van der Waals surface area contributed by atoms with Gasteiger partial charge in [-0.1, -0.05) is 0 Å². The molecule has 1 heterocycles. The summed E-state index contributed by atoms with van der Waals surface area (Å²) in [6.07, 6.45) is 3.24. The summed E-state index contributed by atoms with van der Waals surface area (Å²) < 4.78 is 5.20. The lowest BCUT2D eigenvalue weighted by Gasteiger charge is -1.97. The van der Waals surface area contributed by atoms with Crippen LogP contribution in [0.3, 0.4) is 0 Å². The lowest BCUT2D eigenvalue weighted by molar-refractivity contribution is -0.114. The molecule has 0 saturated heterocycles. The fraction of sp³-hybridized carbons (Fsp3) is 0.300. The number of carbonyl (C=O) groups excluding carboxylic acids is 1. The van der Waals surface area contributed by atoms with Crippen molar-refractivity contribution in [3.8, 4) is 0 Å². The van der Waals surface area contributed by atoms with Crippen molar-refractivity contribution in [1.29, 1.82) is 0 Å². The molecule has 0 spiro atoms. The number of allylic oxidation sites excluding steroid dienone is 2. The van der Waals surface area contributed by atoms with Crippen LogP contribution in [-0.2, 0) is 10.5 Å². The molecular formula is C10H9ClO2S. The van der Waals surface area contributed by atoms with Gasteiger partial charge in [0.25, 0.3) is 0 Å². The molecule has 4 heteroatoms. The van der Waals surface area contributed by atoms with Crippen LogP contribution in [0.25, 0.3) is 0 Å². The molecule has 0 aliphatic heterocycles. The van der Waals surface area contributed by atoms with Crippen LogP contribution in [0.2, 0.25) is 5.22 Å². The molecule has 0 unspecified atom stereocenters. The van der Waals surface area contributed by atoms with Gasteiger partial charge in [-0.2, -0.15) is 0 Å². The van der Waals surface area contributed by atoms with Gasteiger partial charge >= 0.3 is 0 Å². The first-order chi connectivity index (χ1) is 6.74. The Balaban J connectivity index is 1.89. The van der Waals surface area contributed by atoms with E-state index in [9.17, 15) is 4.79 Å². The molecule has 2 rings (SSSR count). The highest BCUT2D eigenvalue weighted by atomic mass is 35.5. The van der Waals surface area contributed by atoms with Gasteiger partial charge in [0.05, 0.1) is 5.75 Å². The monoisotopic (exact) mass is 228 g/mol. The summed E-state index contributed by atoms with van der Waals surface area (Å²) in [6, 6.07) is 3.58. The molecular weight excluding hydrogens is 220 g/mol. The van der Waals surface area contributed by atoms with Crippen LogP contribution in [0.15, 0.2) is 27.5 Å². The number of furan rings is 1. The molecule has 0 atom stereocenters.